The van der Waals surface area contributed by atoms with Gasteiger partial charge in [0.05, 0.1) is 11.5 Å². The first-order valence-electron chi connectivity index (χ1n) is 14.8. The standard InChI is InChI=1S/C32H44O7S/c1-20(19-37-40(35,36)25-9-7-6-8-10-25)27-13-14-28-26-12-11-23-17-24(38-21(2)33)18-30(39-22(3)34)32(23,5)29(26)15-16-31(27,28)4/h6-11,20,24,26-30H,12-19H2,1-5H3/t20-,24?,26+,27-,28+,29+,30?,31-,32+/m1/s1. The molecule has 8 heteroatoms. The molecule has 2 unspecified atom stereocenters. The maximum atomic E-state index is 12.8. The maximum Gasteiger partial charge on any atom is 0.302 e. The van der Waals surface area contributed by atoms with Crippen LogP contribution in [-0.2, 0) is 33.4 Å². The van der Waals surface area contributed by atoms with Crippen molar-refractivity contribution in [2.45, 2.75) is 96.7 Å². The molecular weight excluding hydrogens is 528 g/mol. The summed E-state index contributed by atoms with van der Waals surface area (Å²) < 4.78 is 42.7. The molecule has 220 valence electrons. The number of fused-ring (bicyclic) bond motifs is 5. The van der Waals surface area contributed by atoms with E-state index in [1.165, 1.54) is 19.4 Å². The van der Waals surface area contributed by atoms with Crippen LogP contribution in [-0.4, -0.2) is 39.2 Å². The molecule has 0 heterocycles. The summed E-state index contributed by atoms with van der Waals surface area (Å²) in [6.45, 7) is 9.90. The van der Waals surface area contributed by atoms with E-state index in [1.807, 2.05) is 0 Å². The number of carbonyl (C=O) groups is 2. The first-order valence-corrected chi connectivity index (χ1v) is 16.3. The van der Waals surface area contributed by atoms with E-state index >= 15 is 0 Å². The van der Waals surface area contributed by atoms with E-state index in [2.05, 4.69) is 26.8 Å². The molecule has 40 heavy (non-hydrogen) atoms. The van der Waals surface area contributed by atoms with E-state index in [1.54, 1.807) is 30.3 Å². The molecule has 0 amide bonds. The summed E-state index contributed by atoms with van der Waals surface area (Å²) in [6, 6.07) is 8.35. The summed E-state index contributed by atoms with van der Waals surface area (Å²) in [5.41, 5.74) is 1.10. The van der Waals surface area contributed by atoms with Gasteiger partial charge in [-0.3, -0.25) is 13.8 Å². The second-order valence-electron chi connectivity index (χ2n) is 13.2. The monoisotopic (exact) mass is 572 g/mol. The summed E-state index contributed by atoms with van der Waals surface area (Å²) in [7, 11) is -3.78. The fourth-order valence-corrected chi connectivity index (χ4v) is 10.3. The molecular formula is C32H44O7S. The van der Waals surface area contributed by atoms with E-state index in [9.17, 15) is 18.0 Å². The summed E-state index contributed by atoms with van der Waals surface area (Å²) in [5, 5.41) is 0. The first kappa shape index (κ1) is 29.3. The van der Waals surface area contributed by atoms with E-state index in [-0.39, 0.29) is 52.4 Å². The van der Waals surface area contributed by atoms with Gasteiger partial charge >= 0.3 is 11.9 Å². The Morgan fingerprint density at radius 1 is 1.00 bits per heavy atom. The number of ether oxygens (including phenoxy) is 2. The lowest BCUT2D eigenvalue weighted by atomic mass is 9.46. The van der Waals surface area contributed by atoms with Crippen LogP contribution in [0.1, 0.15) is 79.6 Å². The van der Waals surface area contributed by atoms with Gasteiger partial charge in [-0.1, -0.05) is 50.6 Å². The molecule has 9 atom stereocenters. The van der Waals surface area contributed by atoms with Crippen molar-refractivity contribution in [2.75, 3.05) is 6.61 Å². The van der Waals surface area contributed by atoms with Gasteiger partial charge in [0.1, 0.15) is 12.2 Å². The van der Waals surface area contributed by atoms with Crippen LogP contribution >= 0.6 is 0 Å². The van der Waals surface area contributed by atoms with Gasteiger partial charge in [-0.25, -0.2) is 0 Å². The molecule has 0 radical (unpaired) electrons. The van der Waals surface area contributed by atoms with Crippen molar-refractivity contribution in [3.63, 3.8) is 0 Å². The largest absolute Gasteiger partial charge is 0.462 e. The summed E-state index contributed by atoms with van der Waals surface area (Å²) >= 11 is 0. The number of hydrogen-bond donors (Lipinski definition) is 0. The average Bonchev–Trinajstić information content (AvgIpc) is 3.25. The smallest absolute Gasteiger partial charge is 0.302 e. The molecule has 1 aromatic rings. The van der Waals surface area contributed by atoms with E-state index in [0.717, 1.165) is 32.1 Å². The van der Waals surface area contributed by atoms with Crippen molar-refractivity contribution in [3.05, 3.63) is 42.0 Å². The molecule has 5 rings (SSSR count). The maximum absolute atomic E-state index is 12.8. The number of esters is 2. The molecule has 3 saturated carbocycles. The van der Waals surface area contributed by atoms with Gasteiger partial charge in [-0.05, 0) is 79.2 Å². The molecule has 0 aliphatic heterocycles. The fourth-order valence-electron chi connectivity index (χ4n) is 9.30. The normalized spacial score (nSPS) is 37.8. The zero-order valence-electron chi connectivity index (χ0n) is 24.4. The SMILES string of the molecule is CC(=O)OC1CC2=CC[C@H]3[C@@H]4CC[C@H]([C@H](C)COS(=O)(=O)c5ccccc5)[C@@]4(C)CC[C@@H]3[C@@]2(C)C(OC(C)=O)C1. The van der Waals surface area contributed by atoms with Crippen molar-refractivity contribution in [2.24, 2.45) is 40.4 Å². The lowest BCUT2D eigenvalue weighted by Gasteiger charge is -2.60. The van der Waals surface area contributed by atoms with Crippen molar-refractivity contribution in [1.82, 2.24) is 0 Å². The predicted molar refractivity (Wildman–Crippen MR) is 150 cm³/mol. The van der Waals surface area contributed by atoms with Crippen LogP contribution in [0.4, 0.5) is 0 Å². The number of allylic oxidation sites excluding steroid dienone is 1. The Morgan fingerprint density at radius 3 is 2.38 bits per heavy atom. The Balaban J connectivity index is 1.34. The molecule has 0 aromatic heterocycles. The highest BCUT2D eigenvalue weighted by Gasteiger charge is 2.62. The Hall–Kier alpha value is -2.19. The predicted octanol–water partition coefficient (Wildman–Crippen LogP) is 6.08. The molecule has 0 bridgehead atoms. The van der Waals surface area contributed by atoms with Crippen LogP contribution in [0.3, 0.4) is 0 Å². The molecule has 0 N–H and O–H groups in total. The Bertz CT molecular complexity index is 1260. The lowest BCUT2D eigenvalue weighted by molar-refractivity contribution is -0.172. The van der Waals surface area contributed by atoms with Crippen LogP contribution in [0.5, 0.6) is 0 Å². The zero-order chi connectivity index (χ0) is 28.9. The fraction of sp³-hybridized carbons (Fsp3) is 0.688. The zero-order valence-corrected chi connectivity index (χ0v) is 25.2. The first-order chi connectivity index (χ1) is 18.9. The summed E-state index contributed by atoms with van der Waals surface area (Å²) in [6.07, 6.45) is 8.25. The van der Waals surface area contributed by atoms with E-state index in [4.69, 9.17) is 13.7 Å². The van der Waals surface area contributed by atoms with Crippen LogP contribution in [0.25, 0.3) is 0 Å². The van der Waals surface area contributed by atoms with Crippen LogP contribution in [0.2, 0.25) is 0 Å². The lowest BCUT2D eigenvalue weighted by Crippen LogP contribution is -2.57. The highest BCUT2D eigenvalue weighted by molar-refractivity contribution is 7.86. The van der Waals surface area contributed by atoms with Crippen LogP contribution in [0.15, 0.2) is 46.9 Å². The van der Waals surface area contributed by atoms with Gasteiger partial charge in [0.2, 0.25) is 0 Å². The van der Waals surface area contributed by atoms with Crippen molar-refractivity contribution < 1.29 is 31.7 Å². The summed E-state index contributed by atoms with van der Waals surface area (Å²) in [5.74, 6) is 1.28. The molecule has 7 nitrogen and oxygen atoms in total. The number of rotatable bonds is 7. The third kappa shape index (κ3) is 5.15. The minimum absolute atomic E-state index is 0.105. The Kier molecular flexibility index (Phi) is 7.99. The third-order valence-corrected chi connectivity index (χ3v) is 12.3. The number of carbonyl (C=O) groups excluding carboxylic acids is 2. The van der Waals surface area contributed by atoms with E-state index in [0.29, 0.717) is 36.5 Å². The summed E-state index contributed by atoms with van der Waals surface area (Å²) in [4.78, 5) is 24.1. The van der Waals surface area contributed by atoms with E-state index < -0.39 is 10.1 Å². The second kappa shape index (κ2) is 10.9. The van der Waals surface area contributed by atoms with Crippen molar-refractivity contribution >= 4 is 22.1 Å². The number of hydrogen-bond acceptors (Lipinski definition) is 7. The molecule has 0 spiro atoms. The quantitative estimate of drug-likeness (QED) is 0.222. The van der Waals surface area contributed by atoms with Gasteiger partial charge < -0.3 is 9.47 Å². The van der Waals surface area contributed by atoms with Gasteiger partial charge in [0.15, 0.2) is 0 Å². The minimum atomic E-state index is -3.78. The average molecular weight is 573 g/mol. The Morgan fingerprint density at radius 2 is 1.70 bits per heavy atom. The topological polar surface area (TPSA) is 96.0 Å². The number of benzene rings is 1. The van der Waals surface area contributed by atoms with Crippen LogP contribution < -0.4 is 0 Å². The highest BCUT2D eigenvalue weighted by Crippen LogP contribution is 2.67. The van der Waals surface area contributed by atoms with Crippen molar-refractivity contribution in [3.8, 4) is 0 Å². The molecule has 4 aliphatic rings. The molecule has 4 aliphatic carbocycles. The molecule has 1 aromatic carbocycles. The molecule has 3 fully saturated rings. The van der Waals surface area contributed by atoms with Crippen LogP contribution in [0, 0.1) is 40.4 Å². The minimum Gasteiger partial charge on any atom is -0.462 e. The van der Waals surface area contributed by atoms with Gasteiger partial charge in [-0.2, -0.15) is 8.42 Å². The third-order valence-electron chi connectivity index (χ3n) is 11.0. The van der Waals surface area contributed by atoms with Gasteiger partial charge in [-0.15, -0.1) is 0 Å². The van der Waals surface area contributed by atoms with Crippen molar-refractivity contribution in [1.29, 1.82) is 0 Å². The highest BCUT2D eigenvalue weighted by atomic mass is 32.2. The molecule has 0 saturated heterocycles. The van der Waals surface area contributed by atoms with Gasteiger partial charge in [0, 0.05) is 32.1 Å². The Labute approximate surface area is 239 Å². The second-order valence-corrected chi connectivity index (χ2v) is 14.8. The van der Waals surface area contributed by atoms with Gasteiger partial charge in [0.25, 0.3) is 10.1 Å².